The molecule has 624 valence electrons. The van der Waals surface area contributed by atoms with Gasteiger partial charge in [-0.15, -0.1) is 0 Å². The first kappa shape index (κ1) is 82.2. The minimum atomic E-state index is -0.485. The molecule has 0 radical (unpaired) electrons. The van der Waals surface area contributed by atoms with E-state index < -0.39 is 35.6 Å². The van der Waals surface area contributed by atoms with Crippen LogP contribution in [0.3, 0.4) is 0 Å². The van der Waals surface area contributed by atoms with Gasteiger partial charge < -0.3 is 43.1 Å². The summed E-state index contributed by atoms with van der Waals surface area (Å²) in [5.74, 6) is -0.920. The molecule has 6 aliphatic heterocycles. The van der Waals surface area contributed by atoms with Gasteiger partial charge in [0.15, 0.2) is 34.3 Å². The van der Waals surface area contributed by atoms with Crippen molar-refractivity contribution in [2.75, 3.05) is 54.9 Å². The topological polar surface area (TPSA) is 192 Å². The van der Waals surface area contributed by atoms with E-state index in [4.69, 9.17) is 28.4 Å². The van der Waals surface area contributed by atoms with Gasteiger partial charge in [0.05, 0.1) is 18.1 Å². The van der Waals surface area contributed by atoms with Crippen LogP contribution in [0.1, 0.15) is 140 Å². The van der Waals surface area contributed by atoms with Crippen molar-refractivity contribution in [2.45, 2.75) is 96.1 Å². The van der Waals surface area contributed by atoms with Gasteiger partial charge in [0.25, 0.3) is 17.7 Å². The third-order valence-electron chi connectivity index (χ3n) is 22.5. The molecule has 9 aromatic carbocycles. The normalized spacial score (nSPS) is 18.9. The summed E-state index contributed by atoms with van der Waals surface area (Å²) >= 11 is 0. The summed E-state index contributed by atoms with van der Waals surface area (Å²) in [5, 5.41) is 6.01. The highest BCUT2D eigenvalue weighted by atomic mass is 19.1. The molecule has 0 N–H and O–H groups in total. The monoisotopic (exact) mass is 1650 g/mol. The van der Waals surface area contributed by atoms with Crippen LogP contribution in [0.5, 0.6) is 34.5 Å². The van der Waals surface area contributed by atoms with Crippen LogP contribution >= 0.6 is 0 Å². The summed E-state index contributed by atoms with van der Waals surface area (Å²) in [6.07, 6.45) is 18.1. The van der Waals surface area contributed by atoms with Crippen molar-refractivity contribution in [3.63, 3.8) is 0 Å². The molecular weight excluding hydrogens is 1560 g/mol. The van der Waals surface area contributed by atoms with Crippen LogP contribution in [0.25, 0.3) is 0 Å². The van der Waals surface area contributed by atoms with E-state index in [-0.39, 0.29) is 146 Å². The quantitative estimate of drug-likeness (QED) is 0.0880. The Balaban J connectivity index is 0.000000137. The third kappa shape index (κ3) is 17.5. The molecule has 6 aliphatic rings. The van der Waals surface area contributed by atoms with Gasteiger partial charge in [-0.3, -0.25) is 57.8 Å². The largest absolute Gasteiger partial charge is 0.489 e. The number of aromatic nitrogens is 3. The average Bonchev–Trinajstić information content (AvgIpc) is 1.40. The van der Waals surface area contributed by atoms with Gasteiger partial charge in [0.2, 0.25) is 16.3 Å². The minimum absolute atomic E-state index is 0.00727. The first-order chi connectivity index (χ1) is 60.1. The predicted octanol–water partition coefficient (Wildman–Crippen LogP) is 16.3. The van der Waals surface area contributed by atoms with Crippen LogP contribution in [0.4, 0.5) is 13.2 Å². The third-order valence-corrected chi connectivity index (χ3v) is 22.5. The molecule has 6 atom stereocenters. The van der Waals surface area contributed by atoms with E-state index in [2.05, 4.69) is 0 Å². The average molecular weight is 1650 g/mol. The Labute approximate surface area is 709 Å². The van der Waals surface area contributed by atoms with Crippen LogP contribution < -0.4 is 59.7 Å². The number of ether oxygens (including phenoxy) is 6. The fraction of sp³-hybridized carbons (Fsp3) is 0.212. The fourth-order valence-corrected chi connectivity index (χ4v) is 16.5. The second-order valence-corrected chi connectivity index (χ2v) is 30.1. The molecule has 21 nitrogen and oxygen atoms in total. The van der Waals surface area contributed by atoms with Gasteiger partial charge in [-0.25, -0.2) is 13.2 Å². The van der Waals surface area contributed by atoms with E-state index in [1.54, 1.807) is 65.5 Å². The van der Waals surface area contributed by atoms with E-state index in [1.165, 1.54) is 54.6 Å². The molecule has 18 rings (SSSR count). The second kappa shape index (κ2) is 37.4. The standard InChI is InChI=1S/3C33H30FN3O4/c3*1-2-26-14-9-19-40-29-20-25(34)15-16-27(29)30(24-12-7-4-8-13-24)37-22-35(26)33(39)31-32(28(38)17-18-36(31)37)41-21-23-10-5-3-6-11-23/h3*3-18,20,26,30H,2,19,21-22H2,1H3/b3*14-9+/t2*26-,30+;26-,30-/m101/s1. The second-order valence-electron chi connectivity index (χ2n) is 30.1. The molecule has 0 saturated carbocycles. The van der Waals surface area contributed by atoms with E-state index in [1.807, 2.05) is 254 Å². The number of amides is 3. The number of pyridine rings is 3. The fourth-order valence-electron chi connectivity index (χ4n) is 16.5. The summed E-state index contributed by atoms with van der Waals surface area (Å²) in [4.78, 5) is 87.6. The summed E-state index contributed by atoms with van der Waals surface area (Å²) in [6, 6.07) is 73.4. The number of carbonyl (C=O) groups is 3. The number of nitrogens with zero attached hydrogens (tertiary/aromatic N) is 9. The lowest BCUT2D eigenvalue weighted by atomic mass is 9.96. The molecule has 12 aromatic rings. The van der Waals surface area contributed by atoms with Crippen LogP contribution in [-0.2, 0) is 19.8 Å². The highest BCUT2D eigenvalue weighted by Crippen LogP contribution is 2.43. The van der Waals surface area contributed by atoms with Crippen molar-refractivity contribution in [3.8, 4) is 34.5 Å². The van der Waals surface area contributed by atoms with E-state index >= 15 is 0 Å². The van der Waals surface area contributed by atoms with Gasteiger partial charge in [-0.1, -0.05) is 221 Å². The van der Waals surface area contributed by atoms with Crippen LogP contribution in [-0.4, -0.2) is 104 Å². The van der Waals surface area contributed by atoms with Crippen molar-refractivity contribution in [1.29, 1.82) is 0 Å². The van der Waals surface area contributed by atoms with E-state index in [0.717, 1.165) is 50.1 Å². The number of benzene rings is 9. The Morgan fingerprint density at radius 2 is 0.577 bits per heavy atom. The molecule has 123 heavy (non-hydrogen) atoms. The smallest absolute Gasteiger partial charge is 0.278 e. The maximum atomic E-state index is 14.5. The molecule has 24 heteroatoms. The van der Waals surface area contributed by atoms with Crippen LogP contribution in [0.2, 0.25) is 0 Å². The minimum Gasteiger partial charge on any atom is -0.489 e. The number of hydrogen-bond donors (Lipinski definition) is 0. The van der Waals surface area contributed by atoms with E-state index in [0.29, 0.717) is 36.5 Å². The molecule has 9 heterocycles. The highest BCUT2D eigenvalue weighted by molar-refractivity contribution is 5.98. The Bertz CT molecular complexity index is 5500. The lowest BCUT2D eigenvalue weighted by Gasteiger charge is -2.46. The van der Waals surface area contributed by atoms with Crippen molar-refractivity contribution in [2.24, 2.45) is 0 Å². The summed E-state index contributed by atoms with van der Waals surface area (Å²) in [5.41, 5.74) is 6.87. The van der Waals surface area contributed by atoms with Crippen molar-refractivity contribution in [3.05, 3.63) is 425 Å². The number of hydrogen-bond acceptors (Lipinski definition) is 15. The molecule has 0 unspecified atom stereocenters. The number of fused-ring (bicyclic) bond motifs is 15. The first-order valence-electron chi connectivity index (χ1n) is 41.1. The predicted molar refractivity (Wildman–Crippen MR) is 462 cm³/mol. The van der Waals surface area contributed by atoms with Crippen molar-refractivity contribution < 1.29 is 56.0 Å². The highest BCUT2D eigenvalue weighted by Gasteiger charge is 2.44. The zero-order valence-corrected chi connectivity index (χ0v) is 68.0. The Kier molecular flexibility index (Phi) is 25.0. The van der Waals surface area contributed by atoms with Crippen LogP contribution in [0.15, 0.2) is 324 Å². The number of rotatable bonds is 15. The number of carbonyl (C=O) groups excluding carboxylic acids is 3. The number of halogens is 3. The maximum absolute atomic E-state index is 14.5. The Morgan fingerprint density at radius 1 is 0.325 bits per heavy atom. The molecule has 0 saturated heterocycles. The zero-order chi connectivity index (χ0) is 85.0. The molecule has 6 bridgehead atoms. The van der Waals surface area contributed by atoms with Gasteiger partial charge in [0.1, 0.15) is 112 Å². The zero-order valence-electron chi connectivity index (χ0n) is 68.0. The van der Waals surface area contributed by atoms with Gasteiger partial charge in [-0.2, -0.15) is 0 Å². The van der Waals surface area contributed by atoms with Gasteiger partial charge >= 0.3 is 0 Å². The maximum Gasteiger partial charge on any atom is 0.278 e. The molecular formula is C99H90F3N9O12. The summed E-state index contributed by atoms with van der Waals surface area (Å²) in [6.45, 7) is 7.71. The van der Waals surface area contributed by atoms with Crippen molar-refractivity contribution >= 4 is 17.7 Å². The molecule has 0 aliphatic carbocycles. The van der Waals surface area contributed by atoms with Crippen LogP contribution in [0, 0.1) is 17.5 Å². The molecule has 3 amide bonds. The summed E-state index contributed by atoms with van der Waals surface area (Å²) < 4.78 is 85.2. The van der Waals surface area contributed by atoms with Crippen molar-refractivity contribution in [1.82, 2.24) is 28.7 Å². The Morgan fingerprint density at radius 3 is 0.829 bits per heavy atom. The Hall–Kier alpha value is -14.6. The lowest BCUT2D eigenvalue weighted by Crippen LogP contribution is -2.58. The SMILES string of the molecule is CC[C@@H]1/C=C/COc2cc(F)ccc2[C@@H](c2ccccc2)N2CN1C(=O)c1c(OCc3ccccc3)c(=O)ccn12.CC[C@@H]1/C=C/COc2cc(F)ccc2[C@H](c2ccccc2)N2CN1C(=O)c1c(OCc3ccccc3)c(=O)ccn12.CC[C@H]1/C=C/COc2cc(F)ccc2[C@@H](c2ccccc2)N2CN1C(=O)c1c(OCc3ccccc3)c(=O)ccn12. The van der Waals surface area contributed by atoms with E-state index in [9.17, 15) is 41.9 Å². The lowest BCUT2D eigenvalue weighted by molar-refractivity contribution is 0.0615. The molecule has 0 spiro atoms. The molecule has 3 aromatic heterocycles. The van der Waals surface area contributed by atoms with Gasteiger partial charge in [-0.05, 0) is 107 Å². The molecule has 0 fully saturated rings. The summed E-state index contributed by atoms with van der Waals surface area (Å²) in [7, 11) is 0. The first-order valence-corrected chi connectivity index (χ1v) is 41.1. The van der Waals surface area contributed by atoms with Gasteiger partial charge in [0, 0.05) is 71.7 Å².